The SMILES string of the molecule is C=CCCN1CC(=O)N2CCCC2C1=O. The fraction of sp³-hybridized carbons (Fsp3) is 0.636. The predicted molar refractivity (Wildman–Crippen MR) is 56.1 cm³/mol. The van der Waals surface area contributed by atoms with Gasteiger partial charge in [-0.25, -0.2) is 0 Å². The first-order chi connectivity index (χ1) is 7.24. The lowest BCUT2D eigenvalue weighted by Gasteiger charge is -2.36. The van der Waals surface area contributed by atoms with Crippen LogP contribution in [0.25, 0.3) is 0 Å². The highest BCUT2D eigenvalue weighted by atomic mass is 16.2. The lowest BCUT2D eigenvalue weighted by molar-refractivity contribution is -0.153. The molecule has 0 aromatic heterocycles. The molecule has 1 atom stereocenters. The van der Waals surface area contributed by atoms with E-state index in [9.17, 15) is 9.59 Å². The Kier molecular flexibility index (Phi) is 2.75. The molecule has 15 heavy (non-hydrogen) atoms. The second-order valence-corrected chi connectivity index (χ2v) is 4.08. The zero-order chi connectivity index (χ0) is 10.8. The van der Waals surface area contributed by atoms with Gasteiger partial charge in [0.1, 0.15) is 6.04 Å². The first-order valence-electron chi connectivity index (χ1n) is 5.43. The minimum absolute atomic E-state index is 0.0983. The van der Waals surface area contributed by atoms with Gasteiger partial charge < -0.3 is 9.80 Å². The van der Waals surface area contributed by atoms with E-state index in [1.165, 1.54) is 0 Å². The molecule has 82 valence electrons. The van der Waals surface area contributed by atoms with E-state index in [4.69, 9.17) is 0 Å². The highest BCUT2D eigenvalue weighted by Crippen LogP contribution is 2.23. The second kappa shape index (κ2) is 4.04. The molecule has 0 N–H and O–H groups in total. The minimum Gasteiger partial charge on any atom is -0.331 e. The molecule has 2 fully saturated rings. The average Bonchev–Trinajstić information content (AvgIpc) is 2.70. The Balaban J connectivity index is 2.06. The lowest BCUT2D eigenvalue weighted by Crippen LogP contribution is -2.57. The van der Waals surface area contributed by atoms with Crippen LogP contribution in [0, 0.1) is 0 Å². The van der Waals surface area contributed by atoms with Crippen LogP contribution in [0.15, 0.2) is 12.7 Å². The standard InChI is InChI=1S/C11H16N2O2/c1-2-3-6-12-8-10(14)13-7-4-5-9(13)11(12)15/h2,9H,1,3-8H2. The molecule has 2 heterocycles. The summed E-state index contributed by atoms with van der Waals surface area (Å²) >= 11 is 0. The smallest absolute Gasteiger partial charge is 0.245 e. The van der Waals surface area contributed by atoms with E-state index >= 15 is 0 Å². The molecule has 4 heteroatoms. The van der Waals surface area contributed by atoms with E-state index < -0.39 is 0 Å². The summed E-state index contributed by atoms with van der Waals surface area (Å²) in [5, 5.41) is 0. The molecule has 0 radical (unpaired) electrons. The van der Waals surface area contributed by atoms with E-state index in [1.54, 1.807) is 15.9 Å². The quantitative estimate of drug-likeness (QED) is 0.630. The molecule has 4 nitrogen and oxygen atoms in total. The van der Waals surface area contributed by atoms with Crippen LogP contribution in [0.5, 0.6) is 0 Å². The van der Waals surface area contributed by atoms with Crippen LogP contribution < -0.4 is 0 Å². The Bertz CT molecular complexity index is 301. The van der Waals surface area contributed by atoms with Gasteiger partial charge in [-0.3, -0.25) is 9.59 Å². The predicted octanol–water partition coefficient (Wildman–Crippen LogP) is 0.396. The van der Waals surface area contributed by atoms with Gasteiger partial charge in [0, 0.05) is 13.1 Å². The molecule has 0 bridgehead atoms. The van der Waals surface area contributed by atoms with E-state index in [-0.39, 0.29) is 24.4 Å². The first-order valence-corrected chi connectivity index (χ1v) is 5.43. The van der Waals surface area contributed by atoms with Gasteiger partial charge in [-0.1, -0.05) is 6.08 Å². The summed E-state index contributed by atoms with van der Waals surface area (Å²) in [6.07, 6.45) is 4.32. The maximum atomic E-state index is 12.0. The molecule has 2 rings (SSSR count). The number of rotatable bonds is 3. The Hall–Kier alpha value is -1.32. The van der Waals surface area contributed by atoms with Crippen molar-refractivity contribution in [3.8, 4) is 0 Å². The average molecular weight is 208 g/mol. The molecule has 0 aromatic rings. The fourth-order valence-corrected chi connectivity index (χ4v) is 2.30. The highest BCUT2D eigenvalue weighted by molar-refractivity contribution is 5.95. The number of hydrogen-bond donors (Lipinski definition) is 0. The van der Waals surface area contributed by atoms with Gasteiger partial charge in [0.15, 0.2) is 0 Å². The van der Waals surface area contributed by atoms with Crippen LogP contribution in [0.3, 0.4) is 0 Å². The van der Waals surface area contributed by atoms with Crippen molar-refractivity contribution >= 4 is 11.8 Å². The molecule has 0 aliphatic carbocycles. The summed E-state index contributed by atoms with van der Waals surface area (Å²) in [7, 11) is 0. The summed E-state index contributed by atoms with van der Waals surface area (Å²) in [5.74, 6) is 0.218. The number of fused-ring (bicyclic) bond motifs is 1. The molecule has 2 amide bonds. The minimum atomic E-state index is -0.170. The van der Waals surface area contributed by atoms with Gasteiger partial charge in [0.2, 0.25) is 11.8 Å². The van der Waals surface area contributed by atoms with Gasteiger partial charge >= 0.3 is 0 Å². The van der Waals surface area contributed by atoms with Crippen LogP contribution in [0.4, 0.5) is 0 Å². The lowest BCUT2D eigenvalue weighted by atomic mass is 10.1. The van der Waals surface area contributed by atoms with Crippen molar-refractivity contribution in [1.29, 1.82) is 0 Å². The van der Waals surface area contributed by atoms with Crippen molar-refractivity contribution in [3.05, 3.63) is 12.7 Å². The molecule has 2 aliphatic heterocycles. The number of amides is 2. The van der Waals surface area contributed by atoms with E-state index in [0.29, 0.717) is 6.54 Å². The Morgan fingerprint density at radius 1 is 1.47 bits per heavy atom. The molecular weight excluding hydrogens is 192 g/mol. The summed E-state index contributed by atoms with van der Waals surface area (Å²) in [6.45, 7) is 5.25. The third kappa shape index (κ3) is 1.76. The highest BCUT2D eigenvalue weighted by Gasteiger charge is 2.41. The van der Waals surface area contributed by atoms with Crippen molar-refractivity contribution in [3.63, 3.8) is 0 Å². The molecule has 2 aliphatic rings. The van der Waals surface area contributed by atoms with Crippen molar-refractivity contribution < 1.29 is 9.59 Å². The Morgan fingerprint density at radius 3 is 3.00 bits per heavy atom. The van der Waals surface area contributed by atoms with Gasteiger partial charge in [-0.15, -0.1) is 6.58 Å². The molecular formula is C11H16N2O2. The zero-order valence-corrected chi connectivity index (χ0v) is 8.82. The maximum Gasteiger partial charge on any atom is 0.245 e. The van der Waals surface area contributed by atoms with Gasteiger partial charge in [-0.05, 0) is 19.3 Å². The van der Waals surface area contributed by atoms with Crippen molar-refractivity contribution in [1.82, 2.24) is 9.80 Å². The van der Waals surface area contributed by atoms with Crippen LogP contribution in [-0.2, 0) is 9.59 Å². The van der Waals surface area contributed by atoms with Gasteiger partial charge in [0.05, 0.1) is 6.54 Å². The van der Waals surface area contributed by atoms with Crippen molar-refractivity contribution in [2.75, 3.05) is 19.6 Å². The molecule has 2 saturated heterocycles. The first kappa shape index (κ1) is 10.2. The number of hydrogen-bond acceptors (Lipinski definition) is 2. The maximum absolute atomic E-state index is 12.0. The molecule has 0 spiro atoms. The molecule has 0 saturated carbocycles. The summed E-state index contributed by atoms with van der Waals surface area (Å²) in [4.78, 5) is 27.0. The van der Waals surface area contributed by atoms with Gasteiger partial charge in [0.25, 0.3) is 0 Å². The van der Waals surface area contributed by atoms with Crippen LogP contribution in [0.2, 0.25) is 0 Å². The Morgan fingerprint density at radius 2 is 2.27 bits per heavy atom. The summed E-state index contributed by atoms with van der Waals surface area (Å²) in [6, 6.07) is -0.170. The third-order valence-electron chi connectivity index (χ3n) is 3.10. The van der Waals surface area contributed by atoms with E-state index in [1.807, 2.05) is 0 Å². The van der Waals surface area contributed by atoms with E-state index in [2.05, 4.69) is 6.58 Å². The van der Waals surface area contributed by atoms with Crippen molar-refractivity contribution in [2.24, 2.45) is 0 Å². The van der Waals surface area contributed by atoms with E-state index in [0.717, 1.165) is 25.8 Å². The number of piperazine rings is 1. The summed E-state index contributed by atoms with van der Waals surface area (Å²) in [5.41, 5.74) is 0. The van der Waals surface area contributed by atoms with Crippen LogP contribution in [0.1, 0.15) is 19.3 Å². The molecule has 0 aromatic carbocycles. The van der Waals surface area contributed by atoms with Crippen molar-refractivity contribution in [2.45, 2.75) is 25.3 Å². The number of carbonyl (C=O) groups is 2. The Labute approximate surface area is 89.5 Å². The summed E-state index contributed by atoms with van der Waals surface area (Å²) < 4.78 is 0. The monoisotopic (exact) mass is 208 g/mol. The largest absolute Gasteiger partial charge is 0.331 e. The zero-order valence-electron chi connectivity index (χ0n) is 8.82. The normalized spacial score (nSPS) is 25.7. The fourth-order valence-electron chi connectivity index (χ4n) is 2.30. The second-order valence-electron chi connectivity index (χ2n) is 4.08. The topological polar surface area (TPSA) is 40.6 Å². The van der Waals surface area contributed by atoms with Crippen LogP contribution >= 0.6 is 0 Å². The third-order valence-corrected chi connectivity index (χ3v) is 3.10. The number of nitrogens with zero attached hydrogens (tertiary/aromatic N) is 2. The number of carbonyl (C=O) groups excluding carboxylic acids is 2. The van der Waals surface area contributed by atoms with Crippen LogP contribution in [-0.4, -0.2) is 47.3 Å². The molecule has 1 unspecified atom stereocenters. The van der Waals surface area contributed by atoms with Gasteiger partial charge in [-0.2, -0.15) is 0 Å².